The predicted octanol–water partition coefficient (Wildman–Crippen LogP) is 3.83. The van der Waals surface area contributed by atoms with Crippen molar-refractivity contribution >= 4 is 22.9 Å². The SMILES string of the molecule is Fc1cccc(F)c1-c1csc(CCl)n1. The van der Waals surface area contributed by atoms with E-state index in [0.29, 0.717) is 10.7 Å². The fraction of sp³-hybridized carbons (Fsp3) is 0.100. The normalized spacial score (nSPS) is 10.6. The van der Waals surface area contributed by atoms with Crippen LogP contribution in [0.5, 0.6) is 0 Å². The zero-order chi connectivity index (χ0) is 10.8. The van der Waals surface area contributed by atoms with Crippen molar-refractivity contribution in [3.8, 4) is 11.3 Å². The van der Waals surface area contributed by atoms with E-state index in [2.05, 4.69) is 4.98 Å². The van der Waals surface area contributed by atoms with Crippen LogP contribution in [0.1, 0.15) is 5.01 Å². The van der Waals surface area contributed by atoms with E-state index in [0.717, 1.165) is 0 Å². The number of benzene rings is 1. The van der Waals surface area contributed by atoms with Gasteiger partial charge in [-0.2, -0.15) is 0 Å². The van der Waals surface area contributed by atoms with Crippen LogP contribution in [0.15, 0.2) is 23.6 Å². The van der Waals surface area contributed by atoms with Crippen molar-refractivity contribution in [1.82, 2.24) is 4.98 Å². The van der Waals surface area contributed by atoms with Crippen LogP contribution < -0.4 is 0 Å². The molecule has 0 bridgehead atoms. The number of alkyl halides is 1. The molecule has 0 radical (unpaired) electrons. The van der Waals surface area contributed by atoms with Crippen LogP contribution in [0.25, 0.3) is 11.3 Å². The van der Waals surface area contributed by atoms with Crippen LogP contribution in [0.2, 0.25) is 0 Å². The van der Waals surface area contributed by atoms with Gasteiger partial charge < -0.3 is 0 Å². The molecule has 0 aliphatic heterocycles. The van der Waals surface area contributed by atoms with Crippen molar-refractivity contribution in [2.24, 2.45) is 0 Å². The Hall–Kier alpha value is -1.00. The summed E-state index contributed by atoms with van der Waals surface area (Å²) in [4.78, 5) is 4.03. The van der Waals surface area contributed by atoms with E-state index >= 15 is 0 Å². The number of nitrogens with zero attached hydrogens (tertiary/aromatic N) is 1. The Morgan fingerprint density at radius 3 is 2.47 bits per heavy atom. The zero-order valence-corrected chi connectivity index (χ0v) is 9.08. The Morgan fingerprint density at radius 1 is 1.27 bits per heavy atom. The largest absolute Gasteiger partial charge is 0.240 e. The molecule has 0 N–H and O–H groups in total. The molecule has 1 heterocycles. The number of hydrogen-bond acceptors (Lipinski definition) is 2. The smallest absolute Gasteiger partial charge is 0.135 e. The van der Waals surface area contributed by atoms with Crippen LogP contribution in [-0.4, -0.2) is 4.98 Å². The molecule has 15 heavy (non-hydrogen) atoms. The first kappa shape index (κ1) is 10.5. The topological polar surface area (TPSA) is 12.9 Å². The maximum absolute atomic E-state index is 13.3. The Kier molecular flexibility index (Phi) is 2.98. The highest BCUT2D eigenvalue weighted by molar-refractivity contribution is 7.10. The molecule has 0 atom stereocenters. The van der Waals surface area contributed by atoms with Crippen molar-refractivity contribution in [2.45, 2.75) is 5.88 Å². The average Bonchev–Trinajstić information content (AvgIpc) is 2.66. The minimum Gasteiger partial charge on any atom is -0.240 e. The van der Waals surface area contributed by atoms with Crippen molar-refractivity contribution in [3.63, 3.8) is 0 Å². The second kappa shape index (κ2) is 4.24. The summed E-state index contributed by atoms with van der Waals surface area (Å²) in [5.74, 6) is -0.969. The van der Waals surface area contributed by atoms with E-state index in [4.69, 9.17) is 11.6 Å². The lowest BCUT2D eigenvalue weighted by atomic mass is 10.1. The fourth-order valence-corrected chi connectivity index (χ4v) is 2.11. The average molecular weight is 246 g/mol. The van der Waals surface area contributed by atoms with E-state index < -0.39 is 11.6 Å². The number of halogens is 3. The number of hydrogen-bond donors (Lipinski definition) is 0. The minimum atomic E-state index is -0.610. The molecule has 0 amide bonds. The molecular formula is C10H6ClF2NS. The van der Waals surface area contributed by atoms with Gasteiger partial charge in [0.05, 0.1) is 17.1 Å². The summed E-state index contributed by atoms with van der Waals surface area (Å²) in [6.07, 6.45) is 0. The highest BCUT2D eigenvalue weighted by Crippen LogP contribution is 2.27. The summed E-state index contributed by atoms with van der Waals surface area (Å²) >= 11 is 6.85. The Balaban J connectivity index is 2.53. The zero-order valence-electron chi connectivity index (χ0n) is 7.51. The third-order valence-corrected chi connectivity index (χ3v) is 3.15. The van der Waals surface area contributed by atoms with Gasteiger partial charge in [-0.05, 0) is 12.1 Å². The quantitative estimate of drug-likeness (QED) is 0.733. The molecule has 1 aromatic heterocycles. The van der Waals surface area contributed by atoms with Gasteiger partial charge in [-0.3, -0.25) is 0 Å². The van der Waals surface area contributed by atoms with E-state index in [-0.39, 0.29) is 11.4 Å². The maximum Gasteiger partial charge on any atom is 0.135 e. The molecule has 2 aromatic rings. The van der Waals surface area contributed by atoms with Gasteiger partial charge in [-0.1, -0.05) is 6.07 Å². The highest BCUT2D eigenvalue weighted by atomic mass is 35.5. The van der Waals surface area contributed by atoms with Crippen LogP contribution in [-0.2, 0) is 5.88 Å². The van der Waals surface area contributed by atoms with E-state index in [1.807, 2.05) is 0 Å². The summed E-state index contributed by atoms with van der Waals surface area (Å²) in [6.45, 7) is 0. The first-order valence-corrected chi connectivity index (χ1v) is 5.58. The van der Waals surface area contributed by atoms with Crippen LogP contribution in [0.4, 0.5) is 8.78 Å². The second-order valence-corrected chi connectivity index (χ2v) is 4.07. The lowest BCUT2D eigenvalue weighted by Gasteiger charge is -2.00. The van der Waals surface area contributed by atoms with Gasteiger partial charge in [0.2, 0.25) is 0 Å². The number of rotatable bonds is 2. The van der Waals surface area contributed by atoms with Crippen molar-refractivity contribution in [1.29, 1.82) is 0 Å². The van der Waals surface area contributed by atoms with E-state index in [1.165, 1.54) is 29.5 Å². The minimum absolute atomic E-state index is 0.0925. The molecule has 0 fully saturated rings. The van der Waals surface area contributed by atoms with Gasteiger partial charge in [0.25, 0.3) is 0 Å². The number of thiazole rings is 1. The molecule has 1 nitrogen and oxygen atoms in total. The summed E-state index contributed by atoms with van der Waals surface area (Å²) in [7, 11) is 0. The molecule has 0 saturated carbocycles. The van der Waals surface area contributed by atoms with Gasteiger partial charge in [-0.25, -0.2) is 13.8 Å². The summed E-state index contributed by atoms with van der Waals surface area (Å²) in [5, 5.41) is 2.24. The predicted molar refractivity (Wildman–Crippen MR) is 57.0 cm³/mol. The summed E-state index contributed by atoms with van der Waals surface area (Å²) < 4.78 is 26.7. The monoisotopic (exact) mass is 245 g/mol. The highest BCUT2D eigenvalue weighted by Gasteiger charge is 2.13. The molecule has 2 rings (SSSR count). The first-order valence-electron chi connectivity index (χ1n) is 4.17. The molecule has 0 saturated heterocycles. The van der Waals surface area contributed by atoms with E-state index in [1.54, 1.807) is 5.38 Å². The van der Waals surface area contributed by atoms with E-state index in [9.17, 15) is 8.78 Å². The lowest BCUT2D eigenvalue weighted by Crippen LogP contribution is -1.89. The summed E-state index contributed by atoms with van der Waals surface area (Å²) in [6, 6.07) is 3.74. The molecule has 1 aromatic carbocycles. The van der Waals surface area contributed by atoms with Gasteiger partial charge in [0.15, 0.2) is 0 Å². The molecule has 78 valence electrons. The number of aromatic nitrogens is 1. The molecular weight excluding hydrogens is 240 g/mol. The van der Waals surface area contributed by atoms with Crippen molar-refractivity contribution in [3.05, 3.63) is 40.2 Å². The van der Waals surface area contributed by atoms with Gasteiger partial charge in [0.1, 0.15) is 16.6 Å². The second-order valence-electron chi connectivity index (χ2n) is 2.86. The third kappa shape index (κ3) is 2.01. The Labute approximate surface area is 94.3 Å². The van der Waals surface area contributed by atoms with Gasteiger partial charge in [-0.15, -0.1) is 22.9 Å². The Bertz CT molecular complexity index is 464. The molecule has 0 unspecified atom stereocenters. The molecule has 5 heteroatoms. The maximum atomic E-state index is 13.3. The van der Waals surface area contributed by atoms with Crippen molar-refractivity contribution < 1.29 is 8.78 Å². The summed E-state index contributed by atoms with van der Waals surface area (Å²) in [5.41, 5.74) is 0.205. The molecule has 0 spiro atoms. The standard InChI is InChI=1S/C10H6ClF2NS/c11-4-9-14-8(5-15-9)10-6(12)2-1-3-7(10)13/h1-3,5H,4H2. The van der Waals surface area contributed by atoms with Gasteiger partial charge >= 0.3 is 0 Å². The lowest BCUT2D eigenvalue weighted by molar-refractivity contribution is 0.589. The first-order chi connectivity index (χ1) is 7.22. The van der Waals surface area contributed by atoms with Crippen LogP contribution >= 0.6 is 22.9 Å². The van der Waals surface area contributed by atoms with Crippen LogP contribution in [0.3, 0.4) is 0 Å². The Morgan fingerprint density at radius 2 is 1.93 bits per heavy atom. The fourth-order valence-electron chi connectivity index (χ4n) is 1.23. The third-order valence-electron chi connectivity index (χ3n) is 1.88. The van der Waals surface area contributed by atoms with Gasteiger partial charge in [0, 0.05) is 5.38 Å². The molecule has 0 aliphatic rings. The van der Waals surface area contributed by atoms with Crippen LogP contribution in [0, 0.1) is 11.6 Å². The van der Waals surface area contributed by atoms with Crippen molar-refractivity contribution in [2.75, 3.05) is 0 Å². The molecule has 0 aliphatic carbocycles.